The van der Waals surface area contributed by atoms with E-state index in [2.05, 4.69) is 233 Å². The van der Waals surface area contributed by atoms with Crippen LogP contribution in [0.15, 0.2) is 200 Å². The molecule has 294 valence electrons. The lowest BCUT2D eigenvalue weighted by molar-refractivity contribution is 0.660. The highest BCUT2D eigenvalue weighted by atomic mass is 15.1. The van der Waals surface area contributed by atoms with Crippen LogP contribution in [0, 0.1) is 0 Å². The SMILES string of the molecule is CC1(C)c2ccccc2-c2ccc(N(c3ccccc3)c3cccc(-c4ccc5c(c4)C4(c6ccccc6-5)c5ccccc5-c5c4ccc4c5-c5ccccc5C4(C)C)c3)cc21. The van der Waals surface area contributed by atoms with Gasteiger partial charge in [-0.3, -0.25) is 0 Å². The van der Waals surface area contributed by atoms with E-state index in [1.165, 1.54) is 100 Å². The number of hydrogen-bond donors (Lipinski definition) is 0. The molecule has 1 nitrogen and oxygen atoms in total. The molecule has 4 aliphatic rings. The summed E-state index contributed by atoms with van der Waals surface area (Å²) < 4.78 is 0. The first-order valence-electron chi connectivity index (χ1n) is 22.1. The summed E-state index contributed by atoms with van der Waals surface area (Å²) in [5.41, 5.74) is 27.1. The second-order valence-electron chi connectivity index (χ2n) is 18.8. The van der Waals surface area contributed by atoms with E-state index in [0.29, 0.717) is 0 Å². The average Bonchev–Trinajstić information content (AvgIpc) is 3.94. The topological polar surface area (TPSA) is 3.24 Å². The van der Waals surface area contributed by atoms with Crippen molar-refractivity contribution in [3.8, 4) is 55.6 Å². The van der Waals surface area contributed by atoms with Crippen LogP contribution in [0.1, 0.15) is 72.2 Å². The van der Waals surface area contributed by atoms with Crippen LogP contribution >= 0.6 is 0 Å². The Morgan fingerprint density at radius 2 is 0.742 bits per heavy atom. The summed E-state index contributed by atoms with van der Waals surface area (Å²) >= 11 is 0. The highest BCUT2D eigenvalue weighted by Crippen LogP contribution is 2.66. The molecule has 4 aliphatic carbocycles. The molecule has 1 spiro atoms. The minimum atomic E-state index is -0.451. The molecular formula is C61H45N. The van der Waals surface area contributed by atoms with E-state index in [4.69, 9.17) is 0 Å². The van der Waals surface area contributed by atoms with Crippen molar-refractivity contribution in [3.05, 3.63) is 245 Å². The Morgan fingerprint density at radius 3 is 1.48 bits per heavy atom. The van der Waals surface area contributed by atoms with Gasteiger partial charge < -0.3 is 4.90 Å². The average molecular weight is 792 g/mol. The number of anilines is 3. The first-order valence-corrected chi connectivity index (χ1v) is 22.1. The Hall–Kier alpha value is -7.22. The maximum absolute atomic E-state index is 2.52. The predicted octanol–water partition coefficient (Wildman–Crippen LogP) is 15.8. The Balaban J connectivity index is 1.00. The molecule has 1 unspecified atom stereocenters. The Kier molecular flexibility index (Phi) is 7.12. The van der Waals surface area contributed by atoms with Crippen LogP contribution < -0.4 is 4.90 Å². The number of hydrogen-bond acceptors (Lipinski definition) is 1. The second-order valence-corrected chi connectivity index (χ2v) is 18.8. The van der Waals surface area contributed by atoms with Crippen LogP contribution in [0.5, 0.6) is 0 Å². The molecule has 62 heavy (non-hydrogen) atoms. The van der Waals surface area contributed by atoms with Gasteiger partial charge in [0.25, 0.3) is 0 Å². The second kappa shape index (κ2) is 12.4. The Labute approximate surface area is 364 Å². The summed E-state index contributed by atoms with van der Waals surface area (Å²) in [7, 11) is 0. The molecule has 0 aromatic heterocycles. The molecule has 0 saturated heterocycles. The predicted molar refractivity (Wildman–Crippen MR) is 258 cm³/mol. The van der Waals surface area contributed by atoms with Crippen LogP contribution in [0.25, 0.3) is 55.6 Å². The van der Waals surface area contributed by atoms with Crippen LogP contribution in [0.3, 0.4) is 0 Å². The zero-order valence-corrected chi connectivity index (χ0v) is 35.5. The van der Waals surface area contributed by atoms with E-state index in [-0.39, 0.29) is 10.8 Å². The van der Waals surface area contributed by atoms with Gasteiger partial charge in [-0.2, -0.15) is 0 Å². The van der Waals surface area contributed by atoms with Gasteiger partial charge in [-0.1, -0.05) is 185 Å². The highest BCUT2D eigenvalue weighted by molar-refractivity contribution is 6.03. The molecule has 0 N–H and O–H groups in total. The monoisotopic (exact) mass is 791 g/mol. The summed E-state index contributed by atoms with van der Waals surface area (Å²) in [6.45, 7) is 9.51. The fraction of sp³-hybridized carbons (Fsp3) is 0.115. The molecule has 1 atom stereocenters. The first kappa shape index (κ1) is 35.5. The third-order valence-corrected chi connectivity index (χ3v) is 15.1. The van der Waals surface area contributed by atoms with E-state index < -0.39 is 5.41 Å². The maximum atomic E-state index is 2.52. The van der Waals surface area contributed by atoms with Crippen molar-refractivity contribution in [1.29, 1.82) is 0 Å². The van der Waals surface area contributed by atoms with Crippen LogP contribution in [0.4, 0.5) is 17.1 Å². The van der Waals surface area contributed by atoms with E-state index in [1.54, 1.807) is 0 Å². The van der Waals surface area contributed by atoms with E-state index >= 15 is 0 Å². The van der Waals surface area contributed by atoms with Gasteiger partial charge in [-0.05, 0) is 143 Å². The maximum Gasteiger partial charge on any atom is 0.0725 e. The van der Waals surface area contributed by atoms with Crippen molar-refractivity contribution < 1.29 is 0 Å². The number of fused-ring (bicyclic) bond motifs is 17. The van der Waals surface area contributed by atoms with E-state index in [1.807, 2.05) is 0 Å². The zero-order valence-electron chi connectivity index (χ0n) is 35.5. The molecule has 0 radical (unpaired) electrons. The highest BCUT2D eigenvalue weighted by Gasteiger charge is 2.53. The largest absolute Gasteiger partial charge is 0.310 e. The van der Waals surface area contributed by atoms with Crippen LogP contribution in [-0.4, -0.2) is 0 Å². The molecule has 9 aromatic rings. The Morgan fingerprint density at radius 1 is 0.274 bits per heavy atom. The van der Waals surface area contributed by atoms with Gasteiger partial charge in [0.1, 0.15) is 0 Å². The standard InChI is InChI=1S/C61H45N/c1-59(2)50-26-13-10-23-47(50)57-53(59)33-34-54-58(57)48-24-11-15-28-52(48)61(54)51-27-14-9-22-44(51)46-31-29-39(36-56(46)61)38-17-16-20-41(35-38)62(40-18-6-5-7-19-40)42-30-32-45-43-21-8-12-25-49(43)60(3,4)55(45)37-42/h5-37H,1-4H3. The summed E-state index contributed by atoms with van der Waals surface area (Å²) in [5, 5.41) is 0. The van der Waals surface area contributed by atoms with Crippen molar-refractivity contribution >= 4 is 17.1 Å². The third-order valence-electron chi connectivity index (χ3n) is 15.1. The lowest BCUT2D eigenvalue weighted by atomic mass is 9.69. The summed E-state index contributed by atoms with van der Waals surface area (Å²) in [6, 6.07) is 75.7. The third kappa shape index (κ3) is 4.48. The normalized spacial score (nSPS) is 17.0. The van der Waals surface area contributed by atoms with Gasteiger partial charge in [0, 0.05) is 27.9 Å². The molecule has 0 saturated carbocycles. The molecular weight excluding hydrogens is 747 g/mol. The molecule has 0 fully saturated rings. The first-order chi connectivity index (χ1) is 30.3. The minimum absolute atomic E-state index is 0.0794. The smallest absolute Gasteiger partial charge is 0.0725 e. The number of rotatable bonds is 4. The van der Waals surface area contributed by atoms with Gasteiger partial charge in [0.2, 0.25) is 0 Å². The van der Waals surface area contributed by atoms with Crippen molar-refractivity contribution in [1.82, 2.24) is 0 Å². The molecule has 9 aromatic carbocycles. The molecule has 0 heterocycles. The lowest BCUT2D eigenvalue weighted by Crippen LogP contribution is -2.26. The Bertz CT molecular complexity index is 3360. The van der Waals surface area contributed by atoms with Gasteiger partial charge in [0.15, 0.2) is 0 Å². The fourth-order valence-corrected chi connectivity index (χ4v) is 12.3. The molecule has 1 heteroatoms. The van der Waals surface area contributed by atoms with Gasteiger partial charge in [0.05, 0.1) is 5.41 Å². The van der Waals surface area contributed by atoms with Crippen molar-refractivity contribution in [2.24, 2.45) is 0 Å². The van der Waals surface area contributed by atoms with Crippen molar-refractivity contribution in [2.45, 2.75) is 43.9 Å². The van der Waals surface area contributed by atoms with Gasteiger partial charge in [-0.25, -0.2) is 0 Å². The van der Waals surface area contributed by atoms with Crippen LogP contribution in [-0.2, 0) is 16.2 Å². The summed E-state index contributed by atoms with van der Waals surface area (Å²) in [5.74, 6) is 0. The summed E-state index contributed by atoms with van der Waals surface area (Å²) in [4.78, 5) is 2.43. The van der Waals surface area contributed by atoms with Crippen LogP contribution in [0.2, 0.25) is 0 Å². The van der Waals surface area contributed by atoms with Gasteiger partial charge >= 0.3 is 0 Å². The fourth-order valence-electron chi connectivity index (χ4n) is 12.3. The van der Waals surface area contributed by atoms with Crippen molar-refractivity contribution in [3.63, 3.8) is 0 Å². The molecule has 13 rings (SSSR count). The zero-order chi connectivity index (χ0) is 41.5. The molecule has 0 amide bonds. The van der Waals surface area contributed by atoms with E-state index in [9.17, 15) is 0 Å². The lowest BCUT2D eigenvalue weighted by Gasteiger charge is -2.31. The van der Waals surface area contributed by atoms with Crippen molar-refractivity contribution in [2.75, 3.05) is 4.90 Å². The van der Waals surface area contributed by atoms with E-state index in [0.717, 1.165) is 17.1 Å². The molecule has 0 bridgehead atoms. The number of benzene rings is 9. The number of nitrogens with zero attached hydrogens (tertiary/aromatic N) is 1. The number of para-hydroxylation sites is 1. The summed E-state index contributed by atoms with van der Waals surface area (Å²) in [6.07, 6.45) is 0. The molecule has 0 aliphatic heterocycles. The minimum Gasteiger partial charge on any atom is -0.310 e. The van der Waals surface area contributed by atoms with Gasteiger partial charge in [-0.15, -0.1) is 0 Å². The quantitative estimate of drug-likeness (QED) is 0.172.